The van der Waals surface area contributed by atoms with E-state index in [-0.39, 0.29) is 40.6 Å². The lowest BCUT2D eigenvalue weighted by molar-refractivity contribution is -0.384. The van der Waals surface area contributed by atoms with Crippen molar-refractivity contribution < 1.29 is 23.6 Å². The molecule has 1 atom stereocenters. The molecular formula is C23H20ClFN2O5. The molecule has 0 fully saturated rings. The molecule has 0 saturated heterocycles. The highest BCUT2D eigenvalue weighted by molar-refractivity contribution is 6.31. The van der Waals surface area contributed by atoms with Gasteiger partial charge in [0, 0.05) is 40.6 Å². The summed E-state index contributed by atoms with van der Waals surface area (Å²) in [6.45, 7) is 2.08. The number of allylic oxidation sites excluding steroid dienone is 2. The van der Waals surface area contributed by atoms with Crippen molar-refractivity contribution in [2.24, 2.45) is 0 Å². The van der Waals surface area contributed by atoms with Crippen molar-refractivity contribution in [3.63, 3.8) is 0 Å². The summed E-state index contributed by atoms with van der Waals surface area (Å²) < 4.78 is 20.1. The van der Waals surface area contributed by atoms with Crippen LogP contribution >= 0.6 is 11.6 Å². The highest BCUT2D eigenvalue weighted by Crippen LogP contribution is 2.47. The average molecular weight is 459 g/mol. The Morgan fingerprint density at radius 2 is 2.03 bits per heavy atom. The number of anilines is 1. The summed E-state index contributed by atoms with van der Waals surface area (Å²) >= 11 is 6.25. The van der Waals surface area contributed by atoms with E-state index in [9.17, 15) is 24.1 Å². The predicted octanol–water partition coefficient (Wildman–Crippen LogP) is 5.31. The molecule has 4 rings (SSSR count). The first-order chi connectivity index (χ1) is 15.3. The number of halogens is 2. The zero-order valence-electron chi connectivity index (χ0n) is 17.3. The van der Waals surface area contributed by atoms with Gasteiger partial charge in [0.25, 0.3) is 5.69 Å². The minimum Gasteiger partial charge on any atom is -0.494 e. The monoisotopic (exact) mass is 458 g/mol. The number of ether oxygens (including phenoxy) is 1. The van der Waals surface area contributed by atoms with Gasteiger partial charge >= 0.3 is 0 Å². The molecule has 0 spiro atoms. The minimum atomic E-state index is -0.836. The normalized spacial score (nSPS) is 18.6. The summed E-state index contributed by atoms with van der Waals surface area (Å²) in [6, 6.07) is 8.46. The van der Waals surface area contributed by atoms with Crippen LogP contribution in [-0.4, -0.2) is 23.2 Å². The van der Waals surface area contributed by atoms with Crippen molar-refractivity contribution in [2.75, 3.05) is 11.5 Å². The number of rotatable bonds is 5. The van der Waals surface area contributed by atoms with Crippen LogP contribution < -0.4 is 9.64 Å². The van der Waals surface area contributed by atoms with E-state index in [1.54, 1.807) is 13.0 Å². The van der Waals surface area contributed by atoms with Crippen molar-refractivity contribution in [3.8, 4) is 5.75 Å². The summed E-state index contributed by atoms with van der Waals surface area (Å²) in [4.78, 5) is 38.7. The minimum absolute atomic E-state index is 0.0590. The molecule has 0 radical (unpaired) electrons. The lowest BCUT2D eigenvalue weighted by Gasteiger charge is -2.38. The van der Waals surface area contributed by atoms with Gasteiger partial charge in [-0.1, -0.05) is 17.7 Å². The van der Waals surface area contributed by atoms with Gasteiger partial charge in [-0.15, -0.1) is 0 Å². The largest absolute Gasteiger partial charge is 0.494 e. The van der Waals surface area contributed by atoms with Crippen LogP contribution in [0.15, 0.2) is 47.7 Å². The number of Topliss-reactive ketones (excluding diaryl/α,β-unsaturated/α-hetero) is 1. The number of nitro groups is 1. The maximum absolute atomic E-state index is 14.7. The van der Waals surface area contributed by atoms with Crippen LogP contribution in [0.1, 0.15) is 44.1 Å². The number of nitrogens with zero attached hydrogens (tertiary/aromatic N) is 2. The van der Waals surface area contributed by atoms with Crippen molar-refractivity contribution in [1.82, 2.24) is 0 Å². The molecule has 1 aliphatic heterocycles. The fourth-order valence-corrected chi connectivity index (χ4v) is 4.75. The topological polar surface area (TPSA) is 89.8 Å². The number of carbonyl (C=O) groups is 2. The highest BCUT2D eigenvalue weighted by atomic mass is 35.5. The maximum Gasteiger partial charge on any atom is 0.297 e. The van der Waals surface area contributed by atoms with Crippen LogP contribution in [0.3, 0.4) is 0 Å². The van der Waals surface area contributed by atoms with Gasteiger partial charge in [-0.25, -0.2) is 4.39 Å². The Bertz CT molecular complexity index is 1140. The van der Waals surface area contributed by atoms with E-state index in [0.29, 0.717) is 36.5 Å². The second-order valence-electron chi connectivity index (χ2n) is 7.60. The molecule has 0 aromatic heterocycles. The summed E-state index contributed by atoms with van der Waals surface area (Å²) in [5, 5.41) is 11.9. The van der Waals surface area contributed by atoms with Gasteiger partial charge in [0.2, 0.25) is 5.91 Å². The summed E-state index contributed by atoms with van der Waals surface area (Å²) in [5.41, 5.74) is 0.520. The predicted molar refractivity (Wildman–Crippen MR) is 116 cm³/mol. The quantitative estimate of drug-likeness (QED) is 0.447. The molecule has 1 amide bonds. The molecule has 2 aromatic rings. The van der Waals surface area contributed by atoms with Crippen LogP contribution in [0.4, 0.5) is 15.8 Å². The molecule has 2 aromatic carbocycles. The molecule has 0 N–H and O–H groups in total. The zero-order valence-corrected chi connectivity index (χ0v) is 18.0. The van der Waals surface area contributed by atoms with Crippen LogP contribution in [0.25, 0.3) is 0 Å². The van der Waals surface area contributed by atoms with Crippen molar-refractivity contribution in [3.05, 3.63) is 74.2 Å². The highest BCUT2D eigenvalue weighted by Gasteiger charge is 2.42. The van der Waals surface area contributed by atoms with Gasteiger partial charge in [0.05, 0.1) is 17.6 Å². The van der Waals surface area contributed by atoms with E-state index in [0.717, 1.165) is 0 Å². The van der Waals surface area contributed by atoms with E-state index in [4.69, 9.17) is 16.3 Å². The van der Waals surface area contributed by atoms with Gasteiger partial charge in [-0.3, -0.25) is 24.6 Å². The maximum atomic E-state index is 14.7. The molecular weight excluding hydrogens is 439 g/mol. The first-order valence-corrected chi connectivity index (χ1v) is 10.7. The standard InChI is InChI=1S/C23H20ClFN2O5/c1-2-32-13-9-10-17(19(11-13)27(30)31)26-18-7-4-8-20(28)23(18)14(12-21(26)29)22-15(24)5-3-6-16(22)25/h3,5-6,9-11,14H,2,4,7-8,12H2,1H3. The number of hydrogen-bond donors (Lipinski definition) is 0. The lowest BCUT2D eigenvalue weighted by atomic mass is 9.77. The van der Waals surface area contributed by atoms with Crippen LogP contribution in [-0.2, 0) is 9.59 Å². The zero-order chi connectivity index (χ0) is 23.0. The molecule has 9 heteroatoms. The van der Waals surface area contributed by atoms with E-state index in [2.05, 4.69) is 0 Å². The van der Waals surface area contributed by atoms with Gasteiger partial charge in [-0.2, -0.15) is 0 Å². The Labute approximate surface area is 188 Å². The second kappa shape index (κ2) is 8.70. The fourth-order valence-electron chi connectivity index (χ4n) is 4.46. The number of amides is 1. The number of ketones is 1. The Hall–Kier alpha value is -3.26. The first-order valence-electron chi connectivity index (χ1n) is 10.3. The molecule has 7 nitrogen and oxygen atoms in total. The molecule has 0 saturated carbocycles. The molecule has 2 aliphatic rings. The van der Waals surface area contributed by atoms with Crippen LogP contribution in [0.2, 0.25) is 5.02 Å². The Kier molecular flexibility index (Phi) is 5.97. The third-order valence-electron chi connectivity index (χ3n) is 5.72. The molecule has 1 aliphatic carbocycles. The summed E-state index contributed by atoms with van der Waals surface area (Å²) in [6.07, 6.45) is 0.883. The van der Waals surface area contributed by atoms with Crippen LogP contribution in [0.5, 0.6) is 5.75 Å². The second-order valence-corrected chi connectivity index (χ2v) is 8.01. The molecule has 1 heterocycles. The van der Waals surface area contributed by atoms with Gasteiger partial charge < -0.3 is 4.74 Å². The summed E-state index contributed by atoms with van der Waals surface area (Å²) in [5.74, 6) is -1.80. The first kappa shape index (κ1) is 22.0. The van der Waals surface area contributed by atoms with Crippen molar-refractivity contribution in [1.29, 1.82) is 0 Å². The Morgan fingerprint density at radius 3 is 2.72 bits per heavy atom. The van der Waals surface area contributed by atoms with Crippen LogP contribution in [0, 0.1) is 15.9 Å². The van der Waals surface area contributed by atoms with E-state index in [1.807, 2.05) is 0 Å². The number of carbonyl (C=O) groups excluding carboxylic acids is 2. The fraction of sp³-hybridized carbons (Fsp3) is 0.304. The van der Waals surface area contributed by atoms with E-state index < -0.39 is 22.6 Å². The third kappa shape index (κ3) is 3.75. The SMILES string of the molecule is CCOc1ccc(N2C(=O)CC(c3c(F)cccc3Cl)C3=C2CCCC3=O)c([N+](=O)[O-])c1. The smallest absolute Gasteiger partial charge is 0.297 e. The number of benzene rings is 2. The number of hydrogen-bond acceptors (Lipinski definition) is 5. The Balaban J connectivity index is 1.91. The van der Waals surface area contributed by atoms with Crippen molar-refractivity contribution >= 4 is 34.7 Å². The van der Waals surface area contributed by atoms with E-state index in [1.165, 1.54) is 35.2 Å². The summed E-state index contributed by atoms with van der Waals surface area (Å²) in [7, 11) is 0. The molecule has 166 valence electrons. The molecule has 32 heavy (non-hydrogen) atoms. The average Bonchev–Trinajstić information content (AvgIpc) is 2.74. The van der Waals surface area contributed by atoms with Gasteiger partial charge in [0.1, 0.15) is 17.3 Å². The molecule has 0 bridgehead atoms. The number of nitro benzene ring substituents is 1. The van der Waals surface area contributed by atoms with Gasteiger partial charge in [0.15, 0.2) is 5.78 Å². The molecule has 1 unspecified atom stereocenters. The third-order valence-corrected chi connectivity index (χ3v) is 6.05. The van der Waals surface area contributed by atoms with Gasteiger partial charge in [-0.05, 0) is 44.0 Å². The van der Waals surface area contributed by atoms with Crippen molar-refractivity contribution in [2.45, 2.75) is 38.5 Å². The Morgan fingerprint density at radius 1 is 1.25 bits per heavy atom. The lowest BCUT2D eigenvalue weighted by Crippen LogP contribution is -2.41. The van der Waals surface area contributed by atoms with E-state index >= 15 is 0 Å².